The molecule has 1 saturated heterocycles. The van der Waals surface area contributed by atoms with Gasteiger partial charge in [0.2, 0.25) is 5.95 Å². The first-order valence-electron chi connectivity index (χ1n) is 8.87. The first-order chi connectivity index (χ1) is 14.5. The molecule has 1 aliphatic rings. The number of carbonyl (C=O) groups is 2. The molecule has 0 radical (unpaired) electrons. The van der Waals surface area contributed by atoms with Crippen LogP contribution in [-0.2, 0) is 9.59 Å². The van der Waals surface area contributed by atoms with E-state index in [0.717, 1.165) is 4.90 Å². The van der Waals surface area contributed by atoms with Gasteiger partial charge in [-0.1, -0.05) is 30.3 Å². The van der Waals surface area contributed by atoms with Crippen LogP contribution >= 0.6 is 0 Å². The van der Waals surface area contributed by atoms with Crippen molar-refractivity contribution in [2.24, 2.45) is 0 Å². The number of ketones is 1. The second-order valence-corrected chi connectivity index (χ2v) is 6.43. The lowest BCUT2D eigenvalue weighted by Gasteiger charge is -2.23. The third kappa shape index (κ3) is 3.18. The van der Waals surface area contributed by atoms with Crippen molar-refractivity contribution < 1.29 is 19.6 Å². The van der Waals surface area contributed by atoms with Gasteiger partial charge in [-0.2, -0.15) is 0 Å². The molecular weight excluding hydrogens is 388 g/mol. The van der Waals surface area contributed by atoms with Crippen LogP contribution in [0.4, 0.5) is 11.6 Å². The molecule has 2 heterocycles. The summed E-state index contributed by atoms with van der Waals surface area (Å²) in [5.41, 5.74) is 0.461. The van der Waals surface area contributed by atoms with Crippen molar-refractivity contribution in [2.75, 3.05) is 4.90 Å². The summed E-state index contributed by atoms with van der Waals surface area (Å²) in [6, 6.07) is 14.3. The lowest BCUT2D eigenvalue weighted by Crippen LogP contribution is -2.31. The fraction of sp³-hybridized carbons (Fsp3) is 0.0476. The first-order valence-corrected chi connectivity index (χ1v) is 8.87. The summed E-state index contributed by atoms with van der Waals surface area (Å²) in [6.07, 6.45) is 2.84. The lowest BCUT2D eigenvalue weighted by atomic mass is 9.95. The molecule has 3 aromatic rings. The van der Waals surface area contributed by atoms with Gasteiger partial charge in [0.25, 0.3) is 11.5 Å². The molecule has 2 aromatic carbocycles. The van der Waals surface area contributed by atoms with Gasteiger partial charge in [0.1, 0.15) is 5.76 Å². The number of Topliss-reactive ketones (excluding diaryl/α,β-unsaturated/α-hetero) is 1. The van der Waals surface area contributed by atoms with Crippen molar-refractivity contribution in [1.29, 1.82) is 0 Å². The van der Waals surface area contributed by atoms with E-state index >= 15 is 0 Å². The Hall–Kier alpha value is -4.40. The highest BCUT2D eigenvalue weighted by molar-refractivity contribution is 6.51. The van der Waals surface area contributed by atoms with Crippen molar-refractivity contribution in [2.45, 2.75) is 6.04 Å². The Morgan fingerprint density at radius 3 is 2.20 bits per heavy atom. The van der Waals surface area contributed by atoms with Crippen molar-refractivity contribution in [3.63, 3.8) is 0 Å². The summed E-state index contributed by atoms with van der Waals surface area (Å²) in [6.45, 7) is 0. The predicted molar refractivity (Wildman–Crippen MR) is 106 cm³/mol. The SMILES string of the molecule is O=C1C(=O)N(c2ncccn2)[C@H](c2ccc([N+](=O)[O-])cc2)C1=C(O)c1ccccc1. The molecule has 0 aliphatic carbocycles. The molecule has 4 rings (SSSR count). The second kappa shape index (κ2) is 7.55. The maximum Gasteiger partial charge on any atom is 0.302 e. The maximum absolute atomic E-state index is 12.9. The fourth-order valence-corrected chi connectivity index (χ4v) is 3.30. The molecule has 1 fully saturated rings. The number of amides is 1. The number of aliphatic hydroxyl groups is 1. The van der Waals surface area contributed by atoms with Crippen LogP contribution in [0, 0.1) is 10.1 Å². The topological polar surface area (TPSA) is 127 Å². The minimum Gasteiger partial charge on any atom is -0.507 e. The largest absolute Gasteiger partial charge is 0.507 e. The number of nitro groups is 1. The molecule has 9 heteroatoms. The summed E-state index contributed by atoms with van der Waals surface area (Å²) >= 11 is 0. The number of anilines is 1. The second-order valence-electron chi connectivity index (χ2n) is 6.43. The van der Waals surface area contributed by atoms with Crippen LogP contribution in [0.15, 0.2) is 78.6 Å². The van der Waals surface area contributed by atoms with E-state index in [-0.39, 0.29) is 23.0 Å². The lowest BCUT2D eigenvalue weighted by molar-refractivity contribution is -0.384. The Morgan fingerprint density at radius 1 is 0.967 bits per heavy atom. The van der Waals surface area contributed by atoms with E-state index in [0.29, 0.717) is 11.1 Å². The standard InChI is InChI=1S/C21H14N4O5/c26-18(14-5-2-1-3-6-14)16-17(13-7-9-15(10-8-13)25(29)30)24(20(28)19(16)27)21-22-11-4-12-23-21/h1-12,17,26H/t17-/m1/s1. The molecule has 1 amide bonds. The van der Waals surface area contributed by atoms with Crippen LogP contribution in [-0.4, -0.2) is 31.7 Å². The molecule has 30 heavy (non-hydrogen) atoms. The minimum atomic E-state index is -1.05. The Kier molecular flexibility index (Phi) is 4.77. The maximum atomic E-state index is 12.9. The van der Waals surface area contributed by atoms with Gasteiger partial charge >= 0.3 is 5.91 Å². The first kappa shape index (κ1) is 18.9. The van der Waals surface area contributed by atoms with Gasteiger partial charge in [-0.15, -0.1) is 0 Å². The van der Waals surface area contributed by atoms with Gasteiger partial charge in [0.15, 0.2) is 0 Å². The smallest absolute Gasteiger partial charge is 0.302 e. The number of non-ortho nitro benzene ring substituents is 1. The summed E-state index contributed by atoms with van der Waals surface area (Å²) < 4.78 is 0. The van der Waals surface area contributed by atoms with Crippen LogP contribution in [0.5, 0.6) is 0 Å². The summed E-state index contributed by atoms with van der Waals surface area (Å²) in [5, 5.41) is 21.9. The Morgan fingerprint density at radius 2 is 1.60 bits per heavy atom. The van der Waals surface area contributed by atoms with Crippen molar-refractivity contribution >= 4 is 29.1 Å². The zero-order valence-corrected chi connectivity index (χ0v) is 15.4. The molecule has 148 valence electrons. The number of rotatable bonds is 4. The Balaban J connectivity index is 1.93. The average molecular weight is 402 g/mol. The van der Waals surface area contributed by atoms with Crippen LogP contribution in [0.3, 0.4) is 0 Å². The average Bonchev–Trinajstić information content (AvgIpc) is 3.05. The van der Waals surface area contributed by atoms with E-state index in [1.165, 1.54) is 36.7 Å². The van der Waals surface area contributed by atoms with Crippen LogP contribution in [0.25, 0.3) is 5.76 Å². The number of carbonyl (C=O) groups excluding carboxylic acids is 2. The number of aromatic nitrogens is 2. The highest BCUT2D eigenvalue weighted by atomic mass is 16.6. The molecule has 0 bridgehead atoms. The number of aliphatic hydroxyl groups excluding tert-OH is 1. The third-order valence-electron chi connectivity index (χ3n) is 4.68. The zero-order chi connectivity index (χ0) is 21.3. The number of nitrogens with zero attached hydrogens (tertiary/aromatic N) is 4. The van der Waals surface area contributed by atoms with Gasteiger partial charge < -0.3 is 5.11 Å². The van der Waals surface area contributed by atoms with E-state index in [1.807, 2.05) is 0 Å². The molecule has 1 N–H and O–H groups in total. The summed E-state index contributed by atoms with van der Waals surface area (Å²) in [4.78, 5) is 45.4. The normalized spacial score (nSPS) is 17.9. The van der Waals surface area contributed by atoms with Crippen LogP contribution < -0.4 is 4.90 Å². The van der Waals surface area contributed by atoms with Crippen LogP contribution in [0.1, 0.15) is 17.2 Å². The van der Waals surface area contributed by atoms with E-state index < -0.39 is 22.7 Å². The molecule has 1 atom stereocenters. The molecule has 0 unspecified atom stereocenters. The van der Waals surface area contributed by atoms with Gasteiger partial charge in [0, 0.05) is 30.1 Å². The quantitative estimate of drug-likeness (QED) is 0.234. The molecule has 1 aromatic heterocycles. The van der Waals surface area contributed by atoms with E-state index in [4.69, 9.17) is 0 Å². The van der Waals surface area contributed by atoms with Crippen molar-refractivity contribution in [3.8, 4) is 0 Å². The predicted octanol–water partition coefficient (Wildman–Crippen LogP) is 3.01. The monoisotopic (exact) mass is 402 g/mol. The van der Waals surface area contributed by atoms with E-state index in [2.05, 4.69) is 9.97 Å². The van der Waals surface area contributed by atoms with Crippen LogP contribution in [0.2, 0.25) is 0 Å². The number of hydrogen-bond donors (Lipinski definition) is 1. The number of benzene rings is 2. The van der Waals surface area contributed by atoms with Crippen molar-refractivity contribution in [3.05, 3.63) is 99.9 Å². The van der Waals surface area contributed by atoms with Gasteiger partial charge in [-0.05, 0) is 23.8 Å². The molecular formula is C21H14N4O5. The highest BCUT2D eigenvalue weighted by Crippen LogP contribution is 2.41. The van der Waals surface area contributed by atoms with E-state index in [1.54, 1.807) is 36.4 Å². The minimum absolute atomic E-state index is 0.0185. The van der Waals surface area contributed by atoms with Crippen molar-refractivity contribution in [1.82, 2.24) is 9.97 Å². The molecule has 9 nitrogen and oxygen atoms in total. The number of hydrogen-bond acceptors (Lipinski definition) is 7. The molecule has 0 saturated carbocycles. The highest BCUT2D eigenvalue weighted by Gasteiger charge is 2.48. The molecule has 1 aliphatic heterocycles. The van der Waals surface area contributed by atoms with Gasteiger partial charge in [0.05, 0.1) is 16.5 Å². The fourth-order valence-electron chi connectivity index (χ4n) is 3.30. The van der Waals surface area contributed by atoms with Gasteiger partial charge in [-0.3, -0.25) is 24.6 Å². The third-order valence-corrected chi connectivity index (χ3v) is 4.68. The van der Waals surface area contributed by atoms with Gasteiger partial charge in [-0.25, -0.2) is 9.97 Å². The summed E-state index contributed by atoms with van der Waals surface area (Å²) in [7, 11) is 0. The Bertz CT molecular complexity index is 1160. The summed E-state index contributed by atoms with van der Waals surface area (Å²) in [5.74, 6) is -2.17. The Labute approximate surface area is 170 Å². The zero-order valence-electron chi connectivity index (χ0n) is 15.4. The van der Waals surface area contributed by atoms with E-state index in [9.17, 15) is 24.8 Å². The molecule has 0 spiro atoms. The number of nitro benzene ring substituents is 1.